The molecular weight excluding hydrogens is 312 g/mol. The van der Waals surface area contributed by atoms with Crippen molar-refractivity contribution in [3.63, 3.8) is 0 Å². The van der Waals surface area contributed by atoms with Gasteiger partial charge in [0.25, 0.3) is 0 Å². The van der Waals surface area contributed by atoms with Crippen LogP contribution < -0.4 is 10.9 Å². The fraction of sp³-hybridized carbons (Fsp3) is 0. The second-order valence-electron chi connectivity index (χ2n) is 4.17. The maximum Gasteiger partial charge on any atom is 0.238 e. The van der Waals surface area contributed by atoms with Gasteiger partial charge in [-0.1, -0.05) is 36.4 Å². The van der Waals surface area contributed by atoms with E-state index in [1.165, 1.54) is 30.6 Å². The highest BCUT2D eigenvalue weighted by Crippen LogP contribution is 2.08. The molecule has 0 saturated carbocycles. The van der Waals surface area contributed by atoms with Gasteiger partial charge in [0.15, 0.2) is 0 Å². The van der Waals surface area contributed by atoms with Gasteiger partial charge in [0.05, 0.1) is 4.90 Å². The third-order valence-corrected chi connectivity index (χ3v) is 3.28. The molecule has 0 amide bonds. The standard InChI is InChI=1S/C6H8N2O2S.C6H6.C4H4N2/c7-5-1-3-6(4-2-5)11(8,9)10;1-2-4-6-5-3-1;1-2-5-4-6-3-1/h1-4H,7H2,(H2,8,9,10);1-6H;1-4H. The molecule has 7 heteroatoms. The molecule has 1 heterocycles. The third kappa shape index (κ3) is 8.97. The Morgan fingerprint density at radius 3 is 1.43 bits per heavy atom. The van der Waals surface area contributed by atoms with E-state index in [2.05, 4.69) is 9.97 Å². The number of aromatic nitrogens is 2. The van der Waals surface area contributed by atoms with Crippen LogP contribution in [0, 0.1) is 0 Å². The summed E-state index contributed by atoms with van der Waals surface area (Å²) in [4.78, 5) is 7.42. The molecule has 0 spiro atoms. The summed E-state index contributed by atoms with van der Waals surface area (Å²) in [5, 5.41) is 4.84. The molecule has 0 radical (unpaired) electrons. The molecular formula is C16H18N4O2S. The van der Waals surface area contributed by atoms with Crippen molar-refractivity contribution in [2.45, 2.75) is 4.90 Å². The van der Waals surface area contributed by atoms with Crippen LogP contribution in [0.3, 0.4) is 0 Å². The highest BCUT2D eigenvalue weighted by atomic mass is 32.2. The smallest absolute Gasteiger partial charge is 0.238 e. The van der Waals surface area contributed by atoms with Crippen LogP contribution in [0.1, 0.15) is 0 Å². The van der Waals surface area contributed by atoms with Crippen molar-refractivity contribution in [1.82, 2.24) is 9.97 Å². The lowest BCUT2D eigenvalue weighted by Gasteiger charge is -1.96. The first kappa shape index (κ1) is 18.3. The summed E-state index contributed by atoms with van der Waals surface area (Å²) in [7, 11) is -3.58. The second kappa shape index (κ2) is 10.0. The molecule has 0 unspecified atom stereocenters. The molecule has 2 aromatic carbocycles. The monoisotopic (exact) mass is 330 g/mol. The highest BCUT2D eigenvalue weighted by Gasteiger charge is 2.04. The van der Waals surface area contributed by atoms with Gasteiger partial charge in [0.1, 0.15) is 6.33 Å². The molecule has 0 saturated heterocycles. The van der Waals surface area contributed by atoms with Crippen molar-refractivity contribution in [2.75, 3.05) is 5.73 Å². The van der Waals surface area contributed by atoms with E-state index in [0.717, 1.165) is 0 Å². The number of nitrogen functional groups attached to an aromatic ring is 1. The maximum atomic E-state index is 10.7. The lowest BCUT2D eigenvalue weighted by Crippen LogP contribution is -2.11. The first-order valence-corrected chi connectivity index (χ1v) is 8.13. The maximum absolute atomic E-state index is 10.7. The van der Waals surface area contributed by atoms with Gasteiger partial charge in [-0.25, -0.2) is 23.5 Å². The molecule has 0 bridgehead atoms. The normalized spacial score (nSPS) is 9.61. The molecule has 1 aromatic heterocycles. The van der Waals surface area contributed by atoms with Crippen LogP contribution in [-0.2, 0) is 10.0 Å². The van der Waals surface area contributed by atoms with Crippen LogP contribution in [-0.4, -0.2) is 18.4 Å². The van der Waals surface area contributed by atoms with Gasteiger partial charge in [-0.3, -0.25) is 0 Å². The van der Waals surface area contributed by atoms with Crippen molar-refractivity contribution >= 4 is 15.7 Å². The molecule has 4 N–H and O–H groups in total. The van der Waals surface area contributed by atoms with E-state index in [1.54, 1.807) is 18.5 Å². The lowest BCUT2D eigenvalue weighted by molar-refractivity contribution is 0.598. The number of benzene rings is 2. The minimum atomic E-state index is -3.58. The van der Waals surface area contributed by atoms with E-state index >= 15 is 0 Å². The predicted octanol–water partition coefficient (Wildman–Crippen LogP) is 2.08. The average molecular weight is 330 g/mol. The minimum Gasteiger partial charge on any atom is -0.399 e. The van der Waals surface area contributed by atoms with Crippen LogP contribution in [0.2, 0.25) is 0 Å². The molecule has 23 heavy (non-hydrogen) atoms. The number of nitrogens with two attached hydrogens (primary N) is 2. The topological polar surface area (TPSA) is 112 Å². The van der Waals surface area contributed by atoms with E-state index in [-0.39, 0.29) is 4.90 Å². The van der Waals surface area contributed by atoms with Gasteiger partial charge in [-0.05, 0) is 30.3 Å². The van der Waals surface area contributed by atoms with Crippen LogP contribution in [0.25, 0.3) is 0 Å². The van der Waals surface area contributed by atoms with Gasteiger partial charge < -0.3 is 5.73 Å². The third-order valence-electron chi connectivity index (χ3n) is 2.35. The molecule has 6 nitrogen and oxygen atoms in total. The summed E-state index contributed by atoms with van der Waals surface area (Å²) in [6.45, 7) is 0. The van der Waals surface area contributed by atoms with Crippen molar-refractivity contribution in [1.29, 1.82) is 0 Å². The molecule has 3 aromatic rings. The van der Waals surface area contributed by atoms with Gasteiger partial charge in [0, 0.05) is 18.1 Å². The van der Waals surface area contributed by atoms with E-state index in [4.69, 9.17) is 10.9 Å². The van der Waals surface area contributed by atoms with Gasteiger partial charge in [-0.2, -0.15) is 0 Å². The summed E-state index contributed by atoms with van der Waals surface area (Å²) in [6.07, 6.45) is 4.88. The Morgan fingerprint density at radius 1 is 0.739 bits per heavy atom. The first-order valence-electron chi connectivity index (χ1n) is 6.58. The quantitative estimate of drug-likeness (QED) is 0.663. The Hall–Kier alpha value is -2.77. The number of nitrogens with zero attached hydrogens (tertiary/aromatic N) is 2. The van der Waals surface area contributed by atoms with E-state index in [1.807, 2.05) is 36.4 Å². The Balaban J connectivity index is 0.000000187. The highest BCUT2D eigenvalue weighted by molar-refractivity contribution is 7.89. The fourth-order valence-electron chi connectivity index (χ4n) is 1.30. The van der Waals surface area contributed by atoms with Crippen molar-refractivity contribution in [3.05, 3.63) is 85.5 Å². The van der Waals surface area contributed by atoms with E-state index < -0.39 is 10.0 Å². The summed E-state index contributed by atoms with van der Waals surface area (Å²) in [6, 6.07) is 19.5. The van der Waals surface area contributed by atoms with Crippen LogP contribution in [0.4, 0.5) is 5.69 Å². The zero-order chi connectivity index (χ0) is 17.0. The Bertz CT molecular complexity index is 664. The molecule has 0 aliphatic heterocycles. The van der Waals surface area contributed by atoms with Crippen LogP contribution in [0.15, 0.2) is 90.3 Å². The number of primary sulfonamides is 1. The van der Waals surface area contributed by atoms with Crippen molar-refractivity contribution in [2.24, 2.45) is 5.14 Å². The average Bonchev–Trinajstić information content (AvgIpc) is 2.59. The van der Waals surface area contributed by atoms with E-state index in [0.29, 0.717) is 5.69 Å². The fourth-order valence-corrected chi connectivity index (χ4v) is 1.81. The zero-order valence-electron chi connectivity index (χ0n) is 12.4. The molecule has 0 aliphatic carbocycles. The summed E-state index contributed by atoms with van der Waals surface area (Å²) in [5.41, 5.74) is 5.85. The first-order chi connectivity index (χ1) is 11.0. The SMILES string of the molecule is Nc1ccc(S(N)(=O)=O)cc1.c1ccccc1.c1cncnc1. The number of sulfonamides is 1. The Morgan fingerprint density at radius 2 is 1.17 bits per heavy atom. The lowest BCUT2D eigenvalue weighted by atomic mass is 10.3. The van der Waals surface area contributed by atoms with E-state index in [9.17, 15) is 8.42 Å². The van der Waals surface area contributed by atoms with Crippen LogP contribution in [0.5, 0.6) is 0 Å². The Kier molecular flexibility index (Phi) is 7.98. The molecule has 0 atom stereocenters. The molecule has 120 valence electrons. The summed E-state index contributed by atoms with van der Waals surface area (Å²) >= 11 is 0. The predicted molar refractivity (Wildman–Crippen MR) is 90.7 cm³/mol. The molecule has 0 aliphatic rings. The molecule has 3 rings (SSSR count). The number of anilines is 1. The summed E-state index contributed by atoms with van der Waals surface area (Å²) < 4.78 is 21.4. The van der Waals surface area contributed by atoms with Gasteiger partial charge in [-0.15, -0.1) is 0 Å². The summed E-state index contributed by atoms with van der Waals surface area (Å²) in [5.74, 6) is 0. The zero-order valence-corrected chi connectivity index (χ0v) is 13.2. The minimum absolute atomic E-state index is 0.0756. The molecule has 0 fully saturated rings. The second-order valence-corrected chi connectivity index (χ2v) is 5.73. The number of hydrogen-bond donors (Lipinski definition) is 2. The largest absolute Gasteiger partial charge is 0.399 e. The van der Waals surface area contributed by atoms with Crippen LogP contribution >= 0.6 is 0 Å². The van der Waals surface area contributed by atoms with Crippen molar-refractivity contribution < 1.29 is 8.42 Å². The van der Waals surface area contributed by atoms with Gasteiger partial charge in [0.2, 0.25) is 10.0 Å². The number of hydrogen-bond acceptors (Lipinski definition) is 5. The number of rotatable bonds is 1. The van der Waals surface area contributed by atoms with Crippen molar-refractivity contribution in [3.8, 4) is 0 Å². The Labute approximate surface area is 135 Å². The van der Waals surface area contributed by atoms with Gasteiger partial charge >= 0.3 is 0 Å².